The van der Waals surface area contributed by atoms with Crippen LogP contribution in [0.15, 0.2) is 48.7 Å². The highest BCUT2D eigenvalue weighted by Crippen LogP contribution is 2.42. The number of hydrogen-bond acceptors (Lipinski definition) is 4. The van der Waals surface area contributed by atoms with E-state index in [0.29, 0.717) is 11.8 Å². The van der Waals surface area contributed by atoms with Gasteiger partial charge in [-0.2, -0.15) is 5.10 Å². The SMILES string of the molecule is CC1(C)CN(C(=O)C2CCN(c3cccnn3)C2)CCC1c1ccccc1. The Morgan fingerprint density at radius 2 is 1.89 bits per heavy atom. The molecule has 0 radical (unpaired) electrons. The van der Waals surface area contributed by atoms with Gasteiger partial charge in [-0.1, -0.05) is 44.2 Å². The molecule has 1 aromatic carbocycles. The third-order valence-electron chi connectivity index (χ3n) is 6.16. The standard InChI is InChI=1S/C22H28N4O/c1-22(2)16-26(14-11-19(22)17-7-4-3-5-8-17)21(27)18-10-13-25(15-18)20-9-6-12-23-24-20/h3-9,12,18-19H,10-11,13-16H2,1-2H3. The molecule has 0 saturated carbocycles. The molecule has 0 aliphatic carbocycles. The summed E-state index contributed by atoms with van der Waals surface area (Å²) in [7, 11) is 0. The lowest BCUT2D eigenvalue weighted by molar-refractivity contribution is -0.138. The lowest BCUT2D eigenvalue weighted by Crippen LogP contribution is -2.49. The van der Waals surface area contributed by atoms with Crippen LogP contribution in [0.1, 0.15) is 38.2 Å². The summed E-state index contributed by atoms with van der Waals surface area (Å²) in [6, 6.07) is 14.6. The fraction of sp³-hybridized carbons (Fsp3) is 0.500. The minimum atomic E-state index is 0.0658. The largest absolute Gasteiger partial charge is 0.354 e. The first-order valence-corrected chi connectivity index (χ1v) is 9.91. The Balaban J connectivity index is 1.41. The maximum absolute atomic E-state index is 13.2. The van der Waals surface area contributed by atoms with Crippen LogP contribution in [0.5, 0.6) is 0 Å². The van der Waals surface area contributed by atoms with Gasteiger partial charge in [-0.3, -0.25) is 4.79 Å². The first-order valence-electron chi connectivity index (χ1n) is 9.91. The molecular formula is C22H28N4O. The molecule has 5 heteroatoms. The molecule has 2 unspecified atom stereocenters. The predicted molar refractivity (Wildman–Crippen MR) is 107 cm³/mol. The van der Waals surface area contributed by atoms with Crippen LogP contribution < -0.4 is 4.90 Å². The number of anilines is 1. The van der Waals surface area contributed by atoms with Gasteiger partial charge in [-0.25, -0.2) is 0 Å². The van der Waals surface area contributed by atoms with E-state index in [9.17, 15) is 4.79 Å². The Hall–Kier alpha value is -2.43. The van der Waals surface area contributed by atoms with Crippen molar-refractivity contribution in [2.45, 2.75) is 32.6 Å². The van der Waals surface area contributed by atoms with Crippen molar-refractivity contribution in [2.24, 2.45) is 11.3 Å². The van der Waals surface area contributed by atoms with E-state index < -0.39 is 0 Å². The van der Waals surface area contributed by atoms with E-state index >= 15 is 0 Å². The number of benzene rings is 1. The average molecular weight is 364 g/mol. The number of piperidine rings is 1. The summed E-state index contributed by atoms with van der Waals surface area (Å²) < 4.78 is 0. The first kappa shape index (κ1) is 18.0. The summed E-state index contributed by atoms with van der Waals surface area (Å²) in [5.74, 6) is 1.75. The molecule has 2 aromatic rings. The van der Waals surface area contributed by atoms with E-state index in [0.717, 1.165) is 44.8 Å². The summed E-state index contributed by atoms with van der Waals surface area (Å²) in [6.07, 6.45) is 3.61. The van der Waals surface area contributed by atoms with Gasteiger partial charge in [0.05, 0.1) is 5.92 Å². The smallest absolute Gasteiger partial charge is 0.227 e. The minimum absolute atomic E-state index is 0.0658. The summed E-state index contributed by atoms with van der Waals surface area (Å²) >= 11 is 0. The van der Waals surface area contributed by atoms with Crippen LogP contribution in [-0.4, -0.2) is 47.2 Å². The van der Waals surface area contributed by atoms with Crippen LogP contribution in [0, 0.1) is 11.3 Å². The number of carbonyl (C=O) groups excluding carboxylic acids is 1. The summed E-state index contributed by atoms with van der Waals surface area (Å²) in [5, 5.41) is 8.14. The minimum Gasteiger partial charge on any atom is -0.354 e. The van der Waals surface area contributed by atoms with Crippen molar-refractivity contribution in [3.05, 3.63) is 54.2 Å². The Morgan fingerprint density at radius 1 is 1.07 bits per heavy atom. The monoisotopic (exact) mass is 364 g/mol. The molecule has 142 valence electrons. The van der Waals surface area contributed by atoms with Gasteiger partial charge >= 0.3 is 0 Å². The molecule has 0 spiro atoms. The van der Waals surface area contributed by atoms with Crippen LogP contribution in [0.3, 0.4) is 0 Å². The average Bonchev–Trinajstić information content (AvgIpc) is 3.18. The van der Waals surface area contributed by atoms with Crippen molar-refractivity contribution in [3.63, 3.8) is 0 Å². The van der Waals surface area contributed by atoms with Gasteiger partial charge in [0.15, 0.2) is 5.82 Å². The van der Waals surface area contributed by atoms with Gasteiger partial charge in [0.25, 0.3) is 0 Å². The second-order valence-corrected chi connectivity index (χ2v) is 8.51. The van der Waals surface area contributed by atoms with Crippen molar-refractivity contribution >= 4 is 11.7 Å². The van der Waals surface area contributed by atoms with Crippen molar-refractivity contribution in [1.29, 1.82) is 0 Å². The molecule has 1 aromatic heterocycles. The van der Waals surface area contributed by atoms with Crippen LogP contribution in [-0.2, 0) is 4.79 Å². The fourth-order valence-corrected chi connectivity index (χ4v) is 4.74. The molecule has 2 fully saturated rings. The number of nitrogens with zero attached hydrogens (tertiary/aromatic N) is 4. The number of rotatable bonds is 3. The third kappa shape index (κ3) is 3.68. The topological polar surface area (TPSA) is 49.3 Å². The highest BCUT2D eigenvalue weighted by atomic mass is 16.2. The zero-order valence-corrected chi connectivity index (χ0v) is 16.2. The van der Waals surface area contributed by atoms with E-state index in [1.165, 1.54) is 5.56 Å². The summed E-state index contributed by atoms with van der Waals surface area (Å²) in [5.41, 5.74) is 1.47. The molecular weight excluding hydrogens is 336 g/mol. The lowest BCUT2D eigenvalue weighted by atomic mass is 9.70. The Bertz CT molecular complexity index is 777. The number of likely N-dealkylation sites (tertiary alicyclic amines) is 1. The van der Waals surface area contributed by atoms with Crippen molar-refractivity contribution < 1.29 is 4.79 Å². The first-order chi connectivity index (χ1) is 13.0. The lowest BCUT2D eigenvalue weighted by Gasteiger charge is -2.45. The molecule has 2 atom stereocenters. The van der Waals surface area contributed by atoms with Gasteiger partial charge in [-0.15, -0.1) is 5.10 Å². The predicted octanol–water partition coefficient (Wildman–Crippen LogP) is 3.35. The van der Waals surface area contributed by atoms with Gasteiger partial charge in [0.1, 0.15) is 0 Å². The van der Waals surface area contributed by atoms with E-state index in [2.05, 4.69) is 64.2 Å². The van der Waals surface area contributed by atoms with E-state index in [1.807, 2.05) is 12.1 Å². The van der Waals surface area contributed by atoms with Crippen LogP contribution in [0.4, 0.5) is 5.82 Å². The Kier molecular flexibility index (Phi) is 4.85. The maximum Gasteiger partial charge on any atom is 0.227 e. The van der Waals surface area contributed by atoms with Crippen LogP contribution in [0.25, 0.3) is 0 Å². The number of hydrogen-bond donors (Lipinski definition) is 0. The van der Waals surface area contributed by atoms with Crippen LogP contribution >= 0.6 is 0 Å². The Morgan fingerprint density at radius 3 is 2.59 bits per heavy atom. The third-order valence-corrected chi connectivity index (χ3v) is 6.16. The molecule has 0 N–H and O–H groups in total. The van der Waals surface area contributed by atoms with E-state index in [-0.39, 0.29) is 11.3 Å². The zero-order valence-electron chi connectivity index (χ0n) is 16.2. The van der Waals surface area contributed by atoms with Gasteiger partial charge in [0.2, 0.25) is 5.91 Å². The van der Waals surface area contributed by atoms with Gasteiger partial charge < -0.3 is 9.80 Å². The van der Waals surface area contributed by atoms with Crippen molar-refractivity contribution in [2.75, 3.05) is 31.1 Å². The second kappa shape index (κ2) is 7.29. The van der Waals surface area contributed by atoms with Crippen molar-refractivity contribution in [3.8, 4) is 0 Å². The number of amides is 1. The zero-order chi connectivity index (χ0) is 18.9. The normalized spacial score (nSPS) is 24.8. The number of aromatic nitrogens is 2. The van der Waals surface area contributed by atoms with Crippen LogP contribution in [0.2, 0.25) is 0 Å². The summed E-state index contributed by atoms with van der Waals surface area (Å²) in [6.45, 7) is 7.89. The molecule has 27 heavy (non-hydrogen) atoms. The maximum atomic E-state index is 13.2. The molecule has 2 aliphatic rings. The van der Waals surface area contributed by atoms with E-state index in [1.54, 1.807) is 6.20 Å². The molecule has 3 heterocycles. The quantitative estimate of drug-likeness (QED) is 0.838. The fourth-order valence-electron chi connectivity index (χ4n) is 4.74. The molecule has 0 bridgehead atoms. The molecule has 5 nitrogen and oxygen atoms in total. The molecule has 2 saturated heterocycles. The molecule has 2 aliphatic heterocycles. The molecule has 1 amide bonds. The number of carbonyl (C=O) groups is 1. The van der Waals surface area contributed by atoms with Gasteiger partial charge in [0, 0.05) is 32.4 Å². The highest BCUT2D eigenvalue weighted by Gasteiger charge is 2.41. The Labute approximate surface area is 161 Å². The molecule has 4 rings (SSSR count). The van der Waals surface area contributed by atoms with Crippen molar-refractivity contribution in [1.82, 2.24) is 15.1 Å². The second-order valence-electron chi connectivity index (χ2n) is 8.51. The van der Waals surface area contributed by atoms with Gasteiger partial charge in [-0.05, 0) is 41.9 Å². The summed E-state index contributed by atoms with van der Waals surface area (Å²) in [4.78, 5) is 17.5. The van der Waals surface area contributed by atoms with E-state index in [4.69, 9.17) is 0 Å². The highest BCUT2D eigenvalue weighted by molar-refractivity contribution is 5.80.